The predicted octanol–water partition coefficient (Wildman–Crippen LogP) is 0.527. The number of rotatable bonds is 10. The van der Waals surface area contributed by atoms with Gasteiger partial charge in [-0.1, -0.05) is 6.92 Å². The number of aryl methyl sites for hydroxylation is 1. The van der Waals surface area contributed by atoms with Crippen molar-refractivity contribution >= 4 is 33.1 Å². The number of nitrogens with zero attached hydrogens (tertiary/aromatic N) is 5. The molecular formula is C20H34N8O4S. The zero-order chi connectivity index (χ0) is 23.6. The van der Waals surface area contributed by atoms with E-state index in [0.717, 1.165) is 0 Å². The van der Waals surface area contributed by atoms with E-state index >= 15 is 0 Å². The quantitative estimate of drug-likeness (QED) is 0.381. The van der Waals surface area contributed by atoms with E-state index in [2.05, 4.69) is 30.3 Å². The van der Waals surface area contributed by atoms with E-state index in [1.807, 2.05) is 18.4 Å². The molecule has 12 nitrogen and oxygen atoms in total. The van der Waals surface area contributed by atoms with E-state index in [0.29, 0.717) is 75.0 Å². The van der Waals surface area contributed by atoms with Crippen molar-refractivity contribution in [2.24, 2.45) is 0 Å². The first-order valence-electron chi connectivity index (χ1n) is 11.6. The second-order valence-corrected chi connectivity index (χ2v) is 10.4. The van der Waals surface area contributed by atoms with E-state index in [4.69, 9.17) is 4.74 Å². The molecule has 13 heteroatoms. The second-order valence-electron chi connectivity index (χ2n) is 8.67. The molecule has 184 valence electrons. The van der Waals surface area contributed by atoms with Crippen LogP contribution in [0.15, 0.2) is 6.33 Å². The van der Waals surface area contributed by atoms with Crippen molar-refractivity contribution in [2.45, 2.75) is 70.8 Å². The van der Waals surface area contributed by atoms with Gasteiger partial charge in [0.2, 0.25) is 5.95 Å². The van der Waals surface area contributed by atoms with Gasteiger partial charge in [0.25, 0.3) is 10.2 Å². The standard InChI is InChI=1S/C20H34N8O4S/c1-4-16(13(3)29)23-20-24-18(17-19(25-20)27(5-2)12-21-17)22-14-6-8-28(10-14)33(30,31)26-15-7-9-32-11-15/h12-16,26,29H,4-11H2,1-3H3,(H2,22,23,24,25)/t13-,14+,15+,16+/m1/s1. The van der Waals surface area contributed by atoms with Gasteiger partial charge in [-0.3, -0.25) is 0 Å². The number of anilines is 2. The highest BCUT2D eigenvalue weighted by Crippen LogP contribution is 2.25. The highest BCUT2D eigenvalue weighted by atomic mass is 32.2. The highest BCUT2D eigenvalue weighted by Gasteiger charge is 2.34. The van der Waals surface area contributed by atoms with Gasteiger partial charge in [0, 0.05) is 38.3 Å². The Labute approximate surface area is 194 Å². The van der Waals surface area contributed by atoms with Crippen LogP contribution in [0.5, 0.6) is 0 Å². The monoisotopic (exact) mass is 482 g/mol. The van der Waals surface area contributed by atoms with Crippen LogP contribution in [0.4, 0.5) is 11.8 Å². The van der Waals surface area contributed by atoms with Crippen LogP contribution in [0, 0.1) is 0 Å². The van der Waals surface area contributed by atoms with E-state index in [1.165, 1.54) is 4.31 Å². The molecule has 2 aliphatic rings. The van der Waals surface area contributed by atoms with Crippen LogP contribution >= 0.6 is 0 Å². The fraction of sp³-hybridized carbons (Fsp3) is 0.750. The predicted molar refractivity (Wildman–Crippen MR) is 125 cm³/mol. The summed E-state index contributed by atoms with van der Waals surface area (Å²) in [6.07, 6.45) is 3.21. The maximum absolute atomic E-state index is 12.8. The molecule has 4 rings (SSSR count). The lowest BCUT2D eigenvalue weighted by molar-refractivity contribution is 0.169. The molecule has 0 bridgehead atoms. The lowest BCUT2D eigenvalue weighted by Crippen LogP contribution is -2.45. The minimum absolute atomic E-state index is 0.113. The van der Waals surface area contributed by atoms with Crippen molar-refractivity contribution in [3.63, 3.8) is 0 Å². The smallest absolute Gasteiger partial charge is 0.279 e. The topological polar surface area (TPSA) is 147 Å². The first kappa shape index (κ1) is 24.1. The summed E-state index contributed by atoms with van der Waals surface area (Å²) in [6, 6.07) is -0.473. The Morgan fingerprint density at radius 1 is 1.27 bits per heavy atom. The van der Waals surface area contributed by atoms with Crippen molar-refractivity contribution in [3.8, 4) is 0 Å². The van der Waals surface area contributed by atoms with Gasteiger partial charge in [-0.2, -0.15) is 27.4 Å². The number of aromatic nitrogens is 4. The van der Waals surface area contributed by atoms with Crippen molar-refractivity contribution in [3.05, 3.63) is 6.33 Å². The van der Waals surface area contributed by atoms with Crippen molar-refractivity contribution in [2.75, 3.05) is 36.9 Å². The lowest BCUT2D eigenvalue weighted by atomic mass is 10.1. The van der Waals surface area contributed by atoms with Crippen LogP contribution in [0.25, 0.3) is 11.2 Å². The molecule has 4 N–H and O–H groups in total. The largest absolute Gasteiger partial charge is 0.391 e. The first-order valence-corrected chi connectivity index (χ1v) is 13.0. The summed E-state index contributed by atoms with van der Waals surface area (Å²) in [5.74, 6) is 0.954. The van der Waals surface area contributed by atoms with Crippen LogP contribution in [-0.2, 0) is 21.5 Å². The van der Waals surface area contributed by atoms with Crippen molar-refractivity contribution < 1.29 is 18.3 Å². The maximum Gasteiger partial charge on any atom is 0.279 e. The van der Waals surface area contributed by atoms with E-state index in [9.17, 15) is 13.5 Å². The number of ether oxygens (including phenoxy) is 1. The van der Waals surface area contributed by atoms with Crippen molar-refractivity contribution in [1.29, 1.82) is 0 Å². The molecule has 0 saturated carbocycles. The molecule has 33 heavy (non-hydrogen) atoms. The third-order valence-corrected chi connectivity index (χ3v) is 7.86. The van der Waals surface area contributed by atoms with Gasteiger partial charge in [0.1, 0.15) is 0 Å². The van der Waals surface area contributed by atoms with Gasteiger partial charge in [-0.15, -0.1) is 0 Å². The number of aliphatic hydroxyl groups excluding tert-OH is 1. The van der Waals surface area contributed by atoms with Crippen LogP contribution in [0.2, 0.25) is 0 Å². The SMILES string of the molecule is CC[C@H](Nc1nc(N[C@H]2CCN(S(=O)(=O)N[C@H]3CCOC3)C2)c2ncn(CC)c2n1)[C@@H](C)O. The van der Waals surface area contributed by atoms with Crippen LogP contribution in [0.1, 0.15) is 40.0 Å². The highest BCUT2D eigenvalue weighted by molar-refractivity contribution is 7.87. The summed E-state index contributed by atoms with van der Waals surface area (Å²) >= 11 is 0. The van der Waals surface area contributed by atoms with Gasteiger partial charge < -0.3 is 25.0 Å². The Balaban J connectivity index is 1.52. The molecule has 0 aliphatic carbocycles. The molecule has 0 unspecified atom stereocenters. The van der Waals surface area contributed by atoms with Crippen LogP contribution < -0.4 is 15.4 Å². The lowest BCUT2D eigenvalue weighted by Gasteiger charge is -2.21. The average molecular weight is 483 g/mol. The summed E-state index contributed by atoms with van der Waals surface area (Å²) < 4.78 is 36.9. The van der Waals surface area contributed by atoms with Gasteiger partial charge >= 0.3 is 0 Å². The molecule has 0 aromatic carbocycles. The summed E-state index contributed by atoms with van der Waals surface area (Å²) in [4.78, 5) is 13.7. The molecule has 2 aliphatic heterocycles. The Morgan fingerprint density at radius 2 is 2.09 bits per heavy atom. The molecule has 0 spiro atoms. The molecule has 2 aromatic heterocycles. The van der Waals surface area contributed by atoms with Gasteiger partial charge in [-0.05, 0) is 33.1 Å². The first-order chi connectivity index (χ1) is 15.8. The van der Waals surface area contributed by atoms with E-state index in [-0.39, 0.29) is 18.1 Å². The molecule has 2 saturated heterocycles. The molecule has 4 atom stereocenters. The summed E-state index contributed by atoms with van der Waals surface area (Å²) in [6.45, 7) is 8.17. The Kier molecular flexibility index (Phi) is 7.34. The average Bonchev–Trinajstić information content (AvgIpc) is 3.52. The summed E-state index contributed by atoms with van der Waals surface area (Å²) in [7, 11) is -3.58. The van der Waals surface area contributed by atoms with E-state index < -0.39 is 16.3 Å². The fourth-order valence-electron chi connectivity index (χ4n) is 4.24. The van der Waals surface area contributed by atoms with Crippen LogP contribution in [0.3, 0.4) is 0 Å². The normalized spacial score (nSPS) is 23.8. The molecule has 0 amide bonds. The number of hydrogen-bond donors (Lipinski definition) is 4. The number of nitrogens with one attached hydrogen (secondary N) is 3. The zero-order valence-corrected chi connectivity index (χ0v) is 20.2. The van der Waals surface area contributed by atoms with Gasteiger partial charge in [0.05, 0.1) is 25.1 Å². The Hall–Kier alpha value is -2.06. The van der Waals surface area contributed by atoms with Gasteiger partial charge in [0.15, 0.2) is 17.0 Å². The van der Waals surface area contributed by atoms with Crippen LogP contribution in [-0.4, -0.2) is 87.9 Å². The molecule has 2 fully saturated rings. The number of fused-ring (bicyclic) bond motifs is 1. The minimum atomic E-state index is -3.58. The third kappa shape index (κ3) is 5.38. The fourth-order valence-corrected chi connectivity index (χ4v) is 5.72. The number of imidazole rings is 1. The summed E-state index contributed by atoms with van der Waals surface area (Å²) in [5.41, 5.74) is 1.32. The third-order valence-electron chi connectivity index (χ3n) is 6.22. The maximum atomic E-state index is 12.8. The number of aliphatic hydroxyl groups is 1. The molecule has 0 radical (unpaired) electrons. The molecule has 2 aromatic rings. The zero-order valence-electron chi connectivity index (χ0n) is 19.4. The second kappa shape index (κ2) is 10.1. The minimum Gasteiger partial charge on any atom is -0.391 e. The van der Waals surface area contributed by atoms with Crippen molar-refractivity contribution in [1.82, 2.24) is 28.5 Å². The Bertz CT molecular complexity index is 1050. The van der Waals surface area contributed by atoms with Gasteiger partial charge in [-0.25, -0.2) is 4.98 Å². The molecule has 4 heterocycles. The summed E-state index contributed by atoms with van der Waals surface area (Å²) in [5, 5.41) is 16.6. The Morgan fingerprint density at radius 3 is 2.76 bits per heavy atom. The molecular weight excluding hydrogens is 448 g/mol. The number of hydrogen-bond acceptors (Lipinski definition) is 9. The van der Waals surface area contributed by atoms with E-state index in [1.54, 1.807) is 13.3 Å².